The van der Waals surface area contributed by atoms with Gasteiger partial charge in [0.2, 0.25) is 0 Å². The third-order valence-corrected chi connectivity index (χ3v) is 3.26. The van der Waals surface area contributed by atoms with Crippen LogP contribution in [0.3, 0.4) is 0 Å². The molecule has 2 rings (SSSR count). The molecule has 4 heteroatoms. The number of nitrogens with one attached hydrogen (secondary N) is 1. The Hall–Kier alpha value is -1.87. The summed E-state index contributed by atoms with van der Waals surface area (Å²) in [6.07, 6.45) is 0. The summed E-state index contributed by atoms with van der Waals surface area (Å²) in [5.74, 6) is 1.54. The van der Waals surface area contributed by atoms with E-state index >= 15 is 0 Å². The minimum Gasteiger partial charge on any atom is -0.490 e. The molecule has 0 bridgehead atoms. The standard InChI is InChI=1S/C17H20ClNO2/c1-3-20-16-6-4-5-7-17(16)21-11-10-19-15-12-14(18)9-8-13(15)2/h4-9,12,19H,3,10-11H2,1-2H3. The van der Waals surface area contributed by atoms with Gasteiger partial charge >= 0.3 is 0 Å². The molecule has 0 aliphatic heterocycles. The number of rotatable bonds is 7. The first-order chi connectivity index (χ1) is 10.2. The van der Waals surface area contributed by atoms with Gasteiger partial charge in [-0.05, 0) is 43.7 Å². The molecule has 0 aliphatic carbocycles. The normalized spacial score (nSPS) is 10.2. The van der Waals surface area contributed by atoms with Crippen LogP contribution in [-0.2, 0) is 0 Å². The summed E-state index contributed by atoms with van der Waals surface area (Å²) in [7, 11) is 0. The van der Waals surface area contributed by atoms with Gasteiger partial charge in [0.25, 0.3) is 0 Å². The number of halogens is 1. The van der Waals surface area contributed by atoms with Gasteiger partial charge in [-0.25, -0.2) is 0 Å². The monoisotopic (exact) mass is 305 g/mol. The molecule has 112 valence electrons. The highest BCUT2D eigenvalue weighted by Gasteiger charge is 2.03. The predicted octanol–water partition coefficient (Wildman–Crippen LogP) is 4.54. The SMILES string of the molecule is CCOc1ccccc1OCCNc1cc(Cl)ccc1C. The molecule has 2 aromatic rings. The molecule has 21 heavy (non-hydrogen) atoms. The summed E-state index contributed by atoms with van der Waals surface area (Å²) in [6, 6.07) is 13.5. The van der Waals surface area contributed by atoms with Crippen LogP contribution in [0.25, 0.3) is 0 Å². The fraction of sp³-hybridized carbons (Fsp3) is 0.294. The largest absolute Gasteiger partial charge is 0.490 e. The lowest BCUT2D eigenvalue weighted by Gasteiger charge is -2.13. The van der Waals surface area contributed by atoms with Gasteiger partial charge < -0.3 is 14.8 Å². The quantitative estimate of drug-likeness (QED) is 0.762. The van der Waals surface area contributed by atoms with E-state index in [0.29, 0.717) is 19.8 Å². The van der Waals surface area contributed by atoms with Gasteiger partial charge in [-0.3, -0.25) is 0 Å². The summed E-state index contributed by atoms with van der Waals surface area (Å²) in [5.41, 5.74) is 2.19. The molecule has 0 heterocycles. The number of para-hydroxylation sites is 2. The van der Waals surface area contributed by atoms with Crippen molar-refractivity contribution in [3.8, 4) is 11.5 Å². The first-order valence-corrected chi connectivity index (χ1v) is 7.43. The third kappa shape index (κ3) is 4.57. The summed E-state index contributed by atoms with van der Waals surface area (Å²) in [5, 5.41) is 4.05. The van der Waals surface area contributed by atoms with Gasteiger partial charge in [0.1, 0.15) is 6.61 Å². The Labute approximate surface area is 130 Å². The Balaban J connectivity index is 1.86. The molecule has 2 aromatic carbocycles. The number of hydrogen-bond donors (Lipinski definition) is 1. The Bertz CT molecular complexity index is 587. The van der Waals surface area contributed by atoms with Crippen molar-refractivity contribution in [2.75, 3.05) is 25.1 Å². The molecule has 0 amide bonds. The van der Waals surface area contributed by atoms with Crippen molar-refractivity contribution in [1.82, 2.24) is 0 Å². The summed E-state index contributed by atoms with van der Waals surface area (Å²) in [4.78, 5) is 0. The van der Waals surface area contributed by atoms with Crippen LogP contribution in [0.4, 0.5) is 5.69 Å². The lowest BCUT2D eigenvalue weighted by atomic mass is 10.2. The molecule has 0 unspecified atom stereocenters. The van der Waals surface area contributed by atoms with Crippen molar-refractivity contribution in [3.63, 3.8) is 0 Å². The second-order valence-electron chi connectivity index (χ2n) is 4.61. The highest BCUT2D eigenvalue weighted by molar-refractivity contribution is 6.30. The fourth-order valence-corrected chi connectivity index (χ4v) is 2.15. The molecular weight excluding hydrogens is 286 g/mol. The van der Waals surface area contributed by atoms with E-state index in [2.05, 4.69) is 5.32 Å². The zero-order valence-electron chi connectivity index (χ0n) is 12.4. The maximum atomic E-state index is 5.99. The second-order valence-corrected chi connectivity index (χ2v) is 5.05. The summed E-state index contributed by atoms with van der Waals surface area (Å²) >= 11 is 5.99. The molecule has 1 N–H and O–H groups in total. The van der Waals surface area contributed by atoms with E-state index in [1.165, 1.54) is 0 Å². The molecule has 0 atom stereocenters. The average Bonchev–Trinajstić information content (AvgIpc) is 2.49. The van der Waals surface area contributed by atoms with E-state index in [0.717, 1.165) is 27.8 Å². The van der Waals surface area contributed by atoms with Crippen LogP contribution in [0.2, 0.25) is 5.02 Å². The van der Waals surface area contributed by atoms with Gasteiger partial charge in [0.05, 0.1) is 6.61 Å². The van der Waals surface area contributed by atoms with E-state index < -0.39 is 0 Å². The predicted molar refractivity (Wildman–Crippen MR) is 87.8 cm³/mol. The van der Waals surface area contributed by atoms with Crippen molar-refractivity contribution in [3.05, 3.63) is 53.1 Å². The number of benzene rings is 2. The number of aryl methyl sites for hydroxylation is 1. The van der Waals surface area contributed by atoms with Crippen molar-refractivity contribution in [2.45, 2.75) is 13.8 Å². The van der Waals surface area contributed by atoms with Crippen molar-refractivity contribution in [1.29, 1.82) is 0 Å². The van der Waals surface area contributed by atoms with Gasteiger partial charge in [0, 0.05) is 17.3 Å². The van der Waals surface area contributed by atoms with E-state index in [-0.39, 0.29) is 0 Å². The van der Waals surface area contributed by atoms with E-state index in [1.54, 1.807) is 0 Å². The van der Waals surface area contributed by atoms with Crippen molar-refractivity contribution >= 4 is 17.3 Å². The first-order valence-electron chi connectivity index (χ1n) is 7.05. The van der Waals surface area contributed by atoms with Crippen molar-refractivity contribution in [2.24, 2.45) is 0 Å². The Morgan fingerprint density at radius 2 is 1.76 bits per heavy atom. The van der Waals surface area contributed by atoms with Crippen LogP contribution in [0.1, 0.15) is 12.5 Å². The second kappa shape index (κ2) is 7.79. The maximum Gasteiger partial charge on any atom is 0.161 e. The molecule has 0 saturated heterocycles. The van der Waals surface area contributed by atoms with E-state index in [9.17, 15) is 0 Å². The zero-order chi connectivity index (χ0) is 15.1. The average molecular weight is 306 g/mol. The Morgan fingerprint density at radius 3 is 2.48 bits per heavy atom. The van der Waals surface area contributed by atoms with Crippen LogP contribution in [0, 0.1) is 6.92 Å². The van der Waals surface area contributed by atoms with Crippen LogP contribution in [0.5, 0.6) is 11.5 Å². The lowest BCUT2D eigenvalue weighted by molar-refractivity contribution is 0.284. The van der Waals surface area contributed by atoms with Crippen molar-refractivity contribution < 1.29 is 9.47 Å². The molecule has 0 fully saturated rings. The number of anilines is 1. The van der Waals surface area contributed by atoms with Crippen LogP contribution in [0.15, 0.2) is 42.5 Å². The molecule has 0 radical (unpaired) electrons. The molecule has 0 spiro atoms. The zero-order valence-corrected chi connectivity index (χ0v) is 13.1. The third-order valence-electron chi connectivity index (χ3n) is 3.02. The molecule has 3 nitrogen and oxygen atoms in total. The number of ether oxygens (including phenoxy) is 2. The smallest absolute Gasteiger partial charge is 0.161 e. The van der Waals surface area contributed by atoms with Gasteiger partial charge in [-0.15, -0.1) is 0 Å². The lowest BCUT2D eigenvalue weighted by Crippen LogP contribution is -2.12. The Kier molecular flexibility index (Phi) is 5.76. The minimum atomic E-state index is 0.552. The highest BCUT2D eigenvalue weighted by atomic mass is 35.5. The molecule has 0 saturated carbocycles. The molecule has 0 aromatic heterocycles. The van der Waals surface area contributed by atoms with Gasteiger partial charge in [-0.2, -0.15) is 0 Å². The first kappa shape index (κ1) is 15.5. The summed E-state index contributed by atoms with van der Waals surface area (Å²) < 4.78 is 11.3. The van der Waals surface area contributed by atoms with Crippen LogP contribution >= 0.6 is 11.6 Å². The maximum absolute atomic E-state index is 5.99. The summed E-state index contributed by atoms with van der Waals surface area (Å²) in [6.45, 7) is 5.88. The minimum absolute atomic E-state index is 0.552. The van der Waals surface area contributed by atoms with Gasteiger partial charge in [0.15, 0.2) is 11.5 Å². The fourth-order valence-electron chi connectivity index (χ4n) is 1.98. The Morgan fingerprint density at radius 1 is 1.05 bits per heavy atom. The topological polar surface area (TPSA) is 30.5 Å². The molecular formula is C17H20ClNO2. The highest BCUT2D eigenvalue weighted by Crippen LogP contribution is 2.26. The number of hydrogen-bond acceptors (Lipinski definition) is 3. The molecule has 0 aliphatic rings. The van der Waals surface area contributed by atoms with Crippen LogP contribution in [-0.4, -0.2) is 19.8 Å². The van der Waals surface area contributed by atoms with E-state index in [4.69, 9.17) is 21.1 Å². The van der Waals surface area contributed by atoms with Crippen LogP contribution < -0.4 is 14.8 Å². The van der Waals surface area contributed by atoms with Gasteiger partial charge in [-0.1, -0.05) is 29.8 Å². The van der Waals surface area contributed by atoms with E-state index in [1.807, 2.05) is 56.3 Å².